The summed E-state index contributed by atoms with van der Waals surface area (Å²) in [6.45, 7) is 4.49. The Hall–Kier alpha value is -0.550. The molecule has 7 heteroatoms. The van der Waals surface area contributed by atoms with Gasteiger partial charge in [-0.2, -0.15) is 0 Å². The fraction of sp³-hybridized carbons (Fsp3) is 0.500. The van der Waals surface area contributed by atoms with E-state index in [1.165, 1.54) is 0 Å². The van der Waals surface area contributed by atoms with Crippen LogP contribution in [0.5, 0.6) is 11.5 Å². The molecule has 0 spiro atoms. The molecular weight excluding hydrogens is 335 g/mol. The summed E-state index contributed by atoms with van der Waals surface area (Å²) < 4.78 is 34.5. The number of halogens is 1. The molecule has 1 aliphatic rings. The van der Waals surface area contributed by atoms with E-state index >= 15 is 0 Å². The van der Waals surface area contributed by atoms with Crippen molar-refractivity contribution in [1.82, 2.24) is 0 Å². The van der Waals surface area contributed by atoms with Crippen molar-refractivity contribution in [2.75, 3.05) is 20.0 Å². The van der Waals surface area contributed by atoms with Gasteiger partial charge in [-0.15, -0.1) is 0 Å². The summed E-state index contributed by atoms with van der Waals surface area (Å²) in [4.78, 5) is 0. The molecule has 0 aliphatic carbocycles. The van der Waals surface area contributed by atoms with Crippen LogP contribution in [0.1, 0.15) is 19.4 Å². The highest BCUT2D eigenvalue weighted by molar-refractivity contribution is 9.10. The number of hydrogen-bond donors (Lipinski definition) is 0. The molecule has 0 unspecified atom stereocenters. The minimum absolute atomic E-state index is 0.200. The maximum Gasteiger partial charge on any atom is 0.335 e. The first kappa shape index (κ1) is 14.9. The van der Waals surface area contributed by atoms with Crippen molar-refractivity contribution >= 4 is 23.5 Å². The van der Waals surface area contributed by atoms with Crippen LogP contribution < -0.4 is 9.47 Å². The van der Waals surface area contributed by atoms with Crippen LogP contribution in [-0.2, 0) is 19.8 Å². The lowest BCUT2D eigenvalue weighted by atomic mass is 10.2. The van der Waals surface area contributed by atoms with E-state index in [4.69, 9.17) is 18.5 Å². The molecule has 0 amide bonds. The van der Waals surface area contributed by atoms with E-state index < -0.39 is 7.60 Å². The van der Waals surface area contributed by atoms with Crippen LogP contribution in [0.4, 0.5) is 0 Å². The Labute approximate surface area is 120 Å². The summed E-state index contributed by atoms with van der Waals surface area (Å²) in [6, 6.07) is 3.61. The third-order valence-electron chi connectivity index (χ3n) is 2.56. The van der Waals surface area contributed by atoms with Crippen molar-refractivity contribution in [3.05, 3.63) is 22.2 Å². The van der Waals surface area contributed by atoms with E-state index in [-0.39, 0.29) is 13.0 Å². The number of benzene rings is 1. The topological polar surface area (TPSA) is 54.0 Å². The molecule has 0 saturated carbocycles. The molecule has 0 atom stereocenters. The first-order valence-corrected chi connectivity index (χ1v) is 8.56. The highest BCUT2D eigenvalue weighted by Crippen LogP contribution is 2.53. The minimum Gasteiger partial charge on any atom is -0.454 e. The van der Waals surface area contributed by atoms with Gasteiger partial charge < -0.3 is 18.5 Å². The standard InChI is InChI=1S/C12H16BrO5P/c1-3-17-19(14,18-4-2)7-9-5-11-12(6-10(9)13)16-8-15-11/h5-6H,3-4,7-8H2,1-2H3. The van der Waals surface area contributed by atoms with E-state index in [1.807, 2.05) is 0 Å². The second-order valence-corrected chi connectivity index (χ2v) is 6.81. The Morgan fingerprint density at radius 1 is 1.21 bits per heavy atom. The van der Waals surface area contributed by atoms with Gasteiger partial charge in [0.25, 0.3) is 0 Å². The molecule has 106 valence electrons. The van der Waals surface area contributed by atoms with Gasteiger partial charge in [0, 0.05) is 4.47 Å². The first-order valence-electron chi connectivity index (χ1n) is 6.04. The zero-order chi connectivity index (χ0) is 13.9. The molecule has 0 bridgehead atoms. The smallest absolute Gasteiger partial charge is 0.335 e. The number of rotatable bonds is 6. The molecule has 0 fully saturated rings. The van der Waals surface area contributed by atoms with Gasteiger partial charge in [0.15, 0.2) is 11.5 Å². The van der Waals surface area contributed by atoms with Crippen molar-refractivity contribution in [3.8, 4) is 11.5 Å². The normalized spacial score (nSPS) is 13.8. The molecule has 1 aliphatic heterocycles. The number of hydrogen-bond acceptors (Lipinski definition) is 5. The van der Waals surface area contributed by atoms with Crippen LogP contribution in [0.15, 0.2) is 16.6 Å². The average Bonchev–Trinajstić information content (AvgIpc) is 2.77. The van der Waals surface area contributed by atoms with E-state index in [2.05, 4.69) is 15.9 Å². The van der Waals surface area contributed by atoms with Crippen molar-refractivity contribution in [2.45, 2.75) is 20.0 Å². The third kappa shape index (κ3) is 3.51. The van der Waals surface area contributed by atoms with Gasteiger partial charge in [-0.1, -0.05) is 15.9 Å². The Kier molecular flexibility index (Phi) is 4.90. The van der Waals surface area contributed by atoms with Crippen LogP contribution in [0, 0.1) is 0 Å². The molecule has 0 aromatic heterocycles. The molecule has 1 heterocycles. The molecular formula is C12H16BrO5P. The Morgan fingerprint density at radius 2 is 1.79 bits per heavy atom. The van der Waals surface area contributed by atoms with Crippen molar-refractivity contribution < 1.29 is 23.1 Å². The summed E-state index contributed by atoms with van der Waals surface area (Å²) in [5.74, 6) is 1.33. The molecule has 1 aromatic rings. The van der Waals surface area contributed by atoms with Gasteiger partial charge in [-0.3, -0.25) is 4.57 Å². The average molecular weight is 351 g/mol. The quantitative estimate of drug-likeness (QED) is 0.727. The SMILES string of the molecule is CCOP(=O)(Cc1cc2c(cc1Br)OCO2)OCC. The fourth-order valence-corrected chi connectivity index (χ4v) is 4.21. The summed E-state index contributed by atoms with van der Waals surface area (Å²) in [5, 5.41) is 0. The Balaban J connectivity index is 2.24. The van der Waals surface area contributed by atoms with E-state index in [1.54, 1.807) is 26.0 Å². The van der Waals surface area contributed by atoms with E-state index in [0.29, 0.717) is 24.7 Å². The highest BCUT2D eigenvalue weighted by Gasteiger charge is 2.27. The zero-order valence-electron chi connectivity index (χ0n) is 10.8. The minimum atomic E-state index is -3.12. The predicted octanol–water partition coefficient (Wildman–Crippen LogP) is 3.94. The van der Waals surface area contributed by atoms with Gasteiger partial charge in [-0.05, 0) is 31.5 Å². The summed E-state index contributed by atoms with van der Waals surface area (Å²) in [5.41, 5.74) is 0.814. The van der Waals surface area contributed by atoms with Gasteiger partial charge in [0.05, 0.1) is 19.4 Å². The van der Waals surface area contributed by atoms with Gasteiger partial charge >= 0.3 is 7.60 Å². The van der Waals surface area contributed by atoms with Crippen LogP contribution in [-0.4, -0.2) is 20.0 Å². The maximum atomic E-state index is 12.5. The van der Waals surface area contributed by atoms with E-state index in [9.17, 15) is 4.57 Å². The monoisotopic (exact) mass is 350 g/mol. The Bertz CT molecular complexity index is 495. The molecule has 19 heavy (non-hydrogen) atoms. The molecule has 5 nitrogen and oxygen atoms in total. The maximum absolute atomic E-state index is 12.5. The number of fused-ring (bicyclic) bond motifs is 1. The Morgan fingerprint density at radius 3 is 2.37 bits per heavy atom. The largest absolute Gasteiger partial charge is 0.454 e. The van der Waals surface area contributed by atoms with Crippen LogP contribution >= 0.6 is 23.5 Å². The van der Waals surface area contributed by atoms with Crippen molar-refractivity contribution in [1.29, 1.82) is 0 Å². The third-order valence-corrected chi connectivity index (χ3v) is 5.33. The number of ether oxygens (including phenoxy) is 2. The summed E-state index contributed by atoms with van der Waals surface area (Å²) >= 11 is 3.44. The molecule has 0 N–H and O–H groups in total. The van der Waals surface area contributed by atoms with E-state index in [0.717, 1.165) is 10.0 Å². The second-order valence-electron chi connectivity index (χ2n) is 3.90. The molecule has 2 rings (SSSR count). The summed E-state index contributed by atoms with van der Waals surface area (Å²) in [7, 11) is -3.12. The van der Waals surface area contributed by atoms with Crippen molar-refractivity contribution in [3.63, 3.8) is 0 Å². The molecule has 0 radical (unpaired) electrons. The lowest BCUT2D eigenvalue weighted by molar-refractivity contribution is 0.174. The molecule has 1 aromatic carbocycles. The lowest BCUT2D eigenvalue weighted by Crippen LogP contribution is -1.99. The van der Waals surface area contributed by atoms with Gasteiger partial charge in [0.2, 0.25) is 6.79 Å². The van der Waals surface area contributed by atoms with Crippen molar-refractivity contribution in [2.24, 2.45) is 0 Å². The molecule has 0 saturated heterocycles. The summed E-state index contributed by atoms with van der Waals surface area (Å²) in [6.07, 6.45) is 0.200. The van der Waals surface area contributed by atoms with Gasteiger partial charge in [-0.25, -0.2) is 0 Å². The highest BCUT2D eigenvalue weighted by atomic mass is 79.9. The van der Waals surface area contributed by atoms with Crippen LogP contribution in [0.25, 0.3) is 0 Å². The predicted molar refractivity (Wildman–Crippen MR) is 74.8 cm³/mol. The van der Waals surface area contributed by atoms with Crippen LogP contribution in [0.3, 0.4) is 0 Å². The second kappa shape index (κ2) is 6.27. The van der Waals surface area contributed by atoms with Crippen LogP contribution in [0.2, 0.25) is 0 Å². The lowest BCUT2D eigenvalue weighted by Gasteiger charge is -2.17. The zero-order valence-corrected chi connectivity index (χ0v) is 13.3. The first-order chi connectivity index (χ1) is 9.08. The van der Waals surface area contributed by atoms with Gasteiger partial charge in [0.1, 0.15) is 0 Å². The fourth-order valence-electron chi connectivity index (χ4n) is 1.81.